The average Bonchev–Trinajstić information content (AvgIpc) is 3.06. The van der Waals surface area contributed by atoms with Gasteiger partial charge in [0.2, 0.25) is 5.91 Å². The summed E-state index contributed by atoms with van der Waals surface area (Å²) < 4.78 is 0. The fourth-order valence-electron chi connectivity index (χ4n) is 3.89. The second-order valence-corrected chi connectivity index (χ2v) is 7.51. The Labute approximate surface area is 157 Å². The Morgan fingerprint density at radius 1 is 0.846 bits per heavy atom. The van der Waals surface area contributed by atoms with Crippen molar-refractivity contribution < 1.29 is 4.79 Å². The minimum Gasteiger partial charge on any atom is -0.342 e. The Balaban J connectivity index is 1.46. The maximum atomic E-state index is 12.6. The van der Waals surface area contributed by atoms with Crippen LogP contribution in [0.3, 0.4) is 0 Å². The fourth-order valence-corrected chi connectivity index (χ4v) is 3.89. The van der Waals surface area contributed by atoms with Crippen molar-refractivity contribution in [1.29, 1.82) is 5.26 Å². The standard InChI is InChI=1S/C21H30N4O/c22-16-19-6-8-20(9-7-19)17-23-10-5-11-24(15-14-23)18-21(26)25-12-3-1-2-4-13-25/h6-9H,1-5,10-15,17-18H2. The lowest BCUT2D eigenvalue weighted by Gasteiger charge is -2.26. The number of hydrogen-bond acceptors (Lipinski definition) is 4. The molecular formula is C21H30N4O. The van der Waals surface area contributed by atoms with Gasteiger partial charge in [-0.1, -0.05) is 25.0 Å². The number of carbonyl (C=O) groups excluding carboxylic acids is 1. The van der Waals surface area contributed by atoms with Gasteiger partial charge in [-0.05, 0) is 50.0 Å². The highest BCUT2D eigenvalue weighted by Gasteiger charge is 2.21. The molecule has 0 aliphatic carbocycles. The molecule has 0 unspecified atom stereocenters. The third-order valence-electron chi connectivity index (χ3n) is 5.49. The molecule has 2 fully saturated rings. The van der Waals surface area contributed by atoms with Gasteiger partial charge < -0.3 is 4.90 Å². The monoisotopic (exact) mass is 354 g/mol. The van der Waals surface area contributed by atoms with Gasteiger partial charge in [0, 0.05) is 32.7 Å². The van der Waals surface area contributed by atoms with Gasteiger partial charge in [0.1, 0.15) is 0 Å². The highest BCUT2D eigenvalue weighted by Crippen LogP contribution is 2.12. The van der Waals surface area contributed by atoms with Crippen molar-refractivity contribution in [3.05, 3.63) is 35.4 Å². The number of rotatable bonds is 4. The molecule has 0 radical (unpaired) electrons. The van der Waals surface area contributed by atoms with E-state index in [1.807, 2.05) is 24.3 Å². The normalized spacial score (nSPS) is 20.2. The molecule has 2 aliphatic heterocycles. The van der Waals surface area contributed by atoms with Crippen molar-refractivity contribution in [2.75, 3.05) is 45.8 Å². The molecule has 140 valence electrons. The van der Waals surface area contributed by atoms with Gasteiger partial charge in [0.05, 0.1) is 18.2 Å². The third-order valence-corrected chi connectivity index (χ3v) is 5.49. The third kappa shape index (κ3) is 5.55. The van der Waals surface area contributed by atoms with Crippen LogP contribution in [0.5, 0.6) is 0 Å². The first-order valence-electron chi connectivity index (χ1n) is 9.96. The molecule has 0 atom stereocenters. The molecule has 0 saturated carbocycles. The highest BCUT2D eigenvalue weighted by atomic mass is 16.2. The Bertz CT molecular complexity index is 614. The van der Waals surface area contributed by atoms with E-state index in [4.69, 9.17) is 5.26 Å². The smallest absolute Gasteiger partial charge is 0.236 e. The van der Waals surface area contributed by atoms with E-state index in [9.17, 15) is 4.79 Å². The second kappa shape index (κ2) is 9.70. The van der Waals surface area contributed by atoms with Crippen LogP contribution >= 0.6 is 0 Å². The van der Waals surface area contributed by atoms with E-state index in [0.29, 0.717) is 18.0 Å². The SMILES string of the molecule is N#Cc1ccc(CN2CCCN(CC(=O)N3CCCCCC3)CC2)cc1. The molecule has 2 heterocycles. The molecule has 3 rings (SSSR count). The van der Waals surface area contributed by atoms with E-state index < -0.39 is 0 Å². The Morgan fingerprint density at radius 3 is 2.19 bits per heavy atom. The first-order chi connectivity index (χ1) is 12.7. The lowest BCUT2D eigenvalue weighted by Crippen LogP contribution is -2.42. The Kier molecular flexibility index (Phi) is 7.04. The topological polar surface area (TPSA) is 50.6 Å². The highest BCUT2D eigenvalue weighted by molar-refractivity contribution is 5.78. The van der Waals surface area contributed by atoms with Crippen molar-refractivity contribution in [3.8, 4) is 6.07 Å². The molecule has 26 heavy (non-hydrogen) atoms. The molecule has 0 bridgehead atoms. The van der Waals surface area contributed by atoms with Crippen molar-refractivity contribution in [2.24, 2.45) is 0 Å². The molecule has 5 heteroatoms. The van der Waals surface area contributed by atoms with Crippen LogP contribution in [0.2, 0.25) is 0 Å². The number of benzene rings is 1. The molecule has 0 aromatic heterocycles. The maximum Gasteiger partial charge on any atom is 0.236 e. The molecule has 1 aromatic carbocycles. The number of amides is 1. The lowest BCUT2D eigenvalue weighted by molar-refractivity contribution is -0.132. The number of nitriles is 1. The summed E-state index contributed by atoms with van der Waals surface area (Å²) in [4.78, 5) is 19.5. The van der Waals surface area contributed by atoms with Gasteiger partial charge in [0.25, 0.3) is 0 Å². The van der Waals surface area contributed by atoms with Gasteiger partial charge in [-0.3, -0.25) is 14.6 Å². The van der Waals surface area contributed by atoms with Crippen LogP contribution in [-0.4, -0.2) is 66.4 Å². The quantitative estimate of drug-likeness (QED) is 0.833. The van der Waals surface area contributed by atoms with Crippen LogP contribution in [0.4, 0.5) is 0 Å². The number of likely N-dealkylation sites (tertiary alicyclic amines) is 1. The van der Waals surface area contributed by atoms with Gasteiger partial charge in [-0.25, -0.2) is 0 Å². The van der Waals surface area contributed by atoms with Crippen LogP contribution in [0.25, 0.3) is 0 Å². The zero-order valence-corrected chi connectivity index (χ0v) is 15.7. The Morgan fingerprint density at radius 2 is 1.50 bits per heavy atom. The van der Waals surface area contributed by atoms with E-state index >= 15 is 0 Å². The summed E-state index contributed by atoms with van der Waals surface area (Å²) in [5, 5.41) is 8.90. The number of nitrogens with zero attached hydrogens (tertiary/aromatic N) is 4. The average molecular weight is 354 g/mol. The van der Waals surface area contributed by atoms with E-state index in [2.05, 4.69) is 20.8 Å². The van der Waals surface area contributed by atoms with E-state index in [1.54, 1.807) is 0 Å². The summed E-state index contributed by atoms with van der Waals surface area (Å²) in [5.41, 5.74) is 1.96. The molecule has 0 N–H and O–H groups in total. The summed E-state index contributed by atoms with van der Waals surface area (Å²) in [6, 6.07) is 10.0. The van der Waals surface area contributed by atoms with Crippen molar-refractivity contribution in [3.63, 3.8) is 0 Å². The maximum absolute atomic E-state index is 12.6. The van der Waals surface area contributed by atoms with Crippen LogP contribution in [0, 0.1) is 11.3 Å². The van der Waals surface area contributed by atoms with Crippen molar-refractivity contribution in [1.82, 2.24) is 14.7 Å². The zero-order valence-electron chi connectivity index (χ0n) is 15.7. The molecule has 2 saturated heterocycles. The second-order valence-electron chi connectivity index (χ2n) is 7.51. The predicted molar refractivity (Wildman–Crippen MR) is 103 cm³/mol. The summed E-state index contributed by atoms with van der Waals surface area (Å²) in [5.74, 6) is 0.312. The number of hydrogen-bond donors (Lipinski definition) is 0. The van der Waals surface area contributed by atoms with Crippen molar-refractivity contribution >= 4 is 5.91 Å². The molecule has 1 amide bonds. The predicted octanol–water partition coefficient (Wildman–Crippen LogP) is 2.47. The van der Waals surface area contributed by atoms with Gasteiger partial charge in [-0.2, -0.15) is 5.26 Å². The molecule has 2 aliphatic rings. The summed E-state index contributed by atoms with van der Waals surface area (Å²) in [6.45, 7) is 7.39. The molecular weight excluding hydrogens is 324 g/mol. The van der Waals surface area contributed by atoms with Crippen LogP contribution in [0.1, 0.15) is 43.2 Å². The van der Waals surface area contributed by atoms with Crippen LogP contribution in [-0.2, 0) is 11.3 Å². The molecule has 5 nitrogen and oxygen atoms in total. The molecule has 1 aromatic rings. The minimum absolute atomic E-state index is 0.312. The van der Waals surface area contributed by atoms with E-state index in [1.165, 1.54) is 18.4 Å². The fraction of sp³-hybridized carbons (Fsp3) is 0.619. The van der Waals surface area contributed by atoms with E-state index in [-0.39, 0.29) is 0 Å². The number of carbonyl (C=O) groups is 1. The minimum atomic E-state index is 0.312. The van der Waals surface area contributed by atoms with Gasteiger partial charge >= 0.3 is 0 Å². The largest absolute Gasteiger partial charge is 0.342 e. The zero-order chi connectivity index (χ0) is 18.2. The summed E-state index contributed by atoms with van der Waals surface area (Å²) in [7, 11) is 0. The first kappa shape index (κ1) is 18.9. The Hall–Kier alpha value is -1.90. The van der Waals surface area contributed by atoms with E-state index in [0.717, 1.165) is 65.1 Å². The van der Waals surface area contributed by atoms with Crippen molar-refractivity contribution in [2.45, 2.75) is 38.6 Å². The lowest BCUT2D eigenvalue weighted by atomic mass is 10.1. The summed E-state index contributed by atoms with van der Waals surface area (Å²) >= 11 is 0. The van der Waals surface area contributed by atoms with Gasteiger partial charge in [0.15, 0.2) is 0 Å². The van der Waals surface area contributed by atoms with Crippen LogP contribution in [0.15, 0.2) is 24.3 Å². The first-order valence-corrected chi connectivity index (χ1v) is 9.96. The van der Waals surface area contributed by atoms with Crippen LogP contribution < -0.4 is 0 Å². The molecule has 0 spiro atoms. The van der Waals surface area contributed by atoms with Gasteiger partial charge in [-0.15, -0.1) is 0 Å². The summed E-state index contributed by atoms with van der Waals surface area (Å²) in [6.07, 6.45) is 5.94.